The summed E-state index contributed by atoms with van der Waals surface area (Å²) in [6.45, 7) is 5.83. The van der Waals surface area contributed by atoms with Crippen molar-refractivity contribution < 1.29 is 4.79 Å². The number of anilines is 1. The van der Waals surface area contributed by atoms with Crippen LogP contribution in [0.15, 0.2) is 18.5 Å². The summed E-state index contributed by atoms with van der Waals surface area (Å²) in [5.74, 6) is -0.0708. The molecule has 2 N–H and O–H groups in total. The highest BCUT2D eigenvalue weighted by molar-refractivity contribution is 5.99. The largest absolute Gasteiger partial charge is 0.386 e. The normalized spacial score (nSPS) is 11.5. The minimum atomic E-state index is -0.0708. The fourth-order valence-corrected chi connectivity index (χ4v) is 2.12. The van der Waals surface area contributed by atoms with Crippen LogP contribution in [0.2, 0.25) is 0 Å². The molecule has 0 bridgehead atoms. The molecule has 1 aromatic rings. The van der Waals surface area contributed by atoms with Crippen molar-refractivity contribution >= 4 is 11.6 Å². The SMILES string of the molecule is CNc1cnccc1C(=O)NCC(C)(C)CN(C)C. The fourth-order valence-electron chi connectivity index (χ4n) is 2.12. The fraction of sp³-hybridized carbons (Fsp3) is 0.571. The van der Waals surface area contributed by atoms with Gasteiger partial charge >= 0.3 is 0 Å². The summed E-state index contributed by atoms with van der Waals surface area (Å²) in [7, 11) is 5.85. The number of aromatic nitrogens is 1. The lowest BCUT2D eigenvalue weighted by molar-refractivity contribution is 0.0930. The molecule has 0 aliphatic carbocycles. The maximum atomic E-state index is 12.2. The van der Waals surface area contributed by atoms with E-state index in [-0.39, 0.29) is 11.3 Å². The maximum Gasteiger partial charge on any atom is 0.253 e. The van der Waals surface area contributed by atoms with E-state index in [9.17, 15) is 4.79 Å². The number of hydrogen-bond donors (Lipinski definition) is 2. The highest BCUT2D eigenvalue weighted by atomic mass is 16.1. The van der Waals surface area contributed by atoms with Crippen LogP contribution >= 0.6 is 0 Å². The van der Waals surface area contributed by atoms with Crippen molar-refractivity contribution in [3.63, 3.8) is 0 Å². The number of hydrogen-bond acceptors (Lipinski definition) is 4. The molecule has 0 aliphatic heterocycles. The Kier molecular flexibility index (Phi) is 5.30. The van der Waals surface area contributed by atoms with Gasteiger partial charge in [0, 0.05) is 26.3 Å². The Balaban J connectivity index is 2.65. The molecule has 0 aromatic carbocycles. The zero-order valence-corrected chi connectivity index (χ0v) is 12.4. The van der Waals surface area contributed by atoms with Crippen LogP contribution in [-0.4, -0.2) is 50.0 Å². The van der Waals surface area contributed by atoms with E-state index in [0.717, 1.165) is 12.2 Å². The summed E-state index contributed by atoms with van der Waals surface area (Å²) in [5.41, 5.74) is 1.40. The summed E-state index contributed by atoms with van der Waals surface area (Å²) in [6, 6.07) is 1.72. The molecule has 1 aromatic heterocycles. The highest BCUT2D eigenvalue weighted by Gasteiger charge is 2.20. The van der Waals surface area contributed by atoms with Crippen molar-refractivity contribution in [2.45, 2.75) is 13.8 Å². The second-order valence-electron chi connectivity index (χ2n) is 5.76. The van der Waals surface area contributed by atoms with Crippen molar-refractivity contribution in [2.75, 3.05) is 39.5 Å². The van der Waals surface area contributed by atoms with Crippen molar-refractivity contribution in [2.24, 2.45) is 5.41 Å². The van der Waals surface area contributed by atoms with Gasteiger partial charge in [0.2, 0.25) is 0 Å². The number of nitrogens with one attached hydrogen (secondary N) is 2. The van der Waals surface area contributed by atoms with Gasteiger partial charge in [-0.1, -0.05) is 13.8 Å². The van der Waals surface area contributed by atoms with Gasteiger partial charge in [-0.05, 0) is 25.6 Å². The van der Waals surface area contributed by atoms with Crippen LogP contribution in [0.25, 0.3) is 0 Å². The zero-order chi connectivity index (χ0) is 14.5. The predicted molar refractivity (Wildman–Crippen MR) is 78.5 cm³/mol. The predicted octanol–water partition coefficient (Wildman–Crippen LogP) is 1.44. The molecule has 1 rings (SSSR count). The molecule has 0 saturated carbocycles. The van der Waals surface area contributed by atoms with Crippen molar-refractivity contribution in [3.05, 3.63) is 24.0 Å². The molecule has 5 heteroatoms. The molecule has 0 radical (unpaired) electrons. The van der Waals surface area contributed by atoms with Crippen LogP contribution in [-0.2, 0) is 0 Å². The minimum absolute atomic E-state index is 0.0337. The standard InChI is InChI=1S/C14H24N4O/c1-14(2,10-18(4)5)9-17-13(19)11-6-7-16-8-12(11)15-3/h6-8,15H,9-10H2,1-5H3,(H,17,19). The molecule has 0 aliphatic rings. The third-order valence-corrected chi connectivity index (χ3v) is 2.81. The van der Waals surface area contributed by atoms with Gasteiger partial charge in [-0.25, -0.2) is 0 Å². The van der Waals surface area contributed by atoms with Crippen molar-refractivity contribution in [1.82, 2.24) is 15.2 Å². The van der Waals surface area contributed by atoms with E-state index in [0.29, 0.717) is 12.1 Å². The van der Waals surface area contributed by atoms with Gasteiger partial charge in [0.15, 0.2) is 0 Å². The third-order valence-electron chi connectivity index (χ3n) is 2.81. The molecule has 0 atom stereocenters. The Morgan fingerprint density at radius 2 is 2.11 bits per heavy atom. The molecule has 5 nitrogen and oxygen atoms in total. The molecule has 1 heterocycles. The first kappa shape index (κ1) is 15.4. The first-order valence-electron chi connectivity index (χ1n) is 6.40. The first-order chi connectivity index (χ1) is 8.85. The lowest BCUT2D eigenvalue weighted by atomic mass is 9.93. The van der Waals surface area contributed by atoms with Gasteiger partial charge in [0.1, 0.15) is 0 Å². The summed E-state index contributed by atoms with van der Waals surface area (Å²) in [6.07, 6.45) is 3.28. The second-order valence-corrected chi connectivity index (χ2v) is 5.76. The molecule has 0 spiro atoms. The molecular formula is C14H24N4O. The van der Waals surface area contributed by atoms with Crippen molar-refractivity contribution in [3.8, 4) is 0 Å². The number of rotatable bonds is 6. The van der Waals surface area contributed by atoms with Crippen LogP contribution in [0.1, 0.15) is 24.2 Å². The minimum Gasteiger partial charge on any atom is -0.386 e. The van der Waals surface area contributed by atoms with Gasteiger partial charge in [0.05, 0.1) is 17.4 Å². The van der Waals surface area contributed by atoms with Crippen molar-refractivity contribution in [1.29, 1.82) is 0 Å². The van der Waals surface area contributed by atoms with Crippen LogP contribution in [0.5, 0.6) is 0 Å². The number of pyridine rings is 1. The van der Waals surface area contributed by atoms with Gasteiger partial charge in [-0.2, -0.15) is 0 Å². The quantitative estimate of drug-likeness (QED) is 0.816. The van der Waals surface area contributed by atoms with E-state index < -0.39 is 0 Å². The molecule has 106 valence electrons. The topological polar surface area (TPSA) is 57.3 Å². The maximum absolute atomic E-state index is 12.2. The van der Waals surface area contributed by atoms with Gasteiger partial charge in [-0.3, -0.25) is 9.78 Å². The molecule has 0 unspecified atom stereocenters. The third kappa shape index (κ3) is 4.87. The van der Waals surface area contributed by atoms with Crippen LogP contribution in [0.4, 0.5) is 5.69 Å². The Hall–Kier alpha value is -1.62. The van der Waals surface area contributed by atoms with E-state index >= 15 is 0 Å². The van der Waals surface area contributed by atoms with Gasteiger partial charge in [0.25, 0.3) is 5.91 Å². The van der Waals surface area contributed by atoms with Crippen LogP contribution in [0, 0.1) is 5.41 Å². The second kappa shape index (κ2) is 6.52. The molecule has 19 heavy (non-hydrogen) atoms. The molecule has 0 fully saturated rings. The zero-order valence-electron chi connectivity index (χ0n) is 12.4. The Morgan fingerprint density at radius 3 is 2.68 bits per heavy atom. The lowest BCUT2D eigenvalue weighted by Gasteiger charge is -2.28. The number of carbonyl (C=O) groups excluding carboxylic acids is 1. The summed E-state index contributed by atoms with van der Waals surface area (Å²) >= 11 is 0. The number of amides is 1. The van der Waals surface area contributed by atoms with Crippen LogP contribution in [0.3, 0.4) is 0 Å². The Labute approximate surface area is 115 Å². The number of carbonyl (C=O) groups is 1. The highest BCUT2D eigenvalue weighted by Crippen LogP contribution is 2.16. The summed E-state index contributed by atoms with van der Waals surface area (Å²) < 4.78 is 0. The van der Waals surface area contributed by atoms with Gasteiger partial charge in [-0.15, -0.1) is 0 Å². The Morgan fingerprint density at radius 1 is 1.42 bits per heavy atom. The molecule has 1 amide bonds. The van der Waals surface area contributed by atoms with E-state index in [1.807, 2.05) is 14.1 Å². The molecular weight excluding hydrogens is 240 g/mol. The Bertz CT molecular complexity index is 429. The average Bonchev–Trinajstić information content (AvgIpc) is 2.34. The van der Waals surface area contributed by atoms with Crippen LogP contribution < -0.4 is 10.6 Å². The van der Waals surface area contributed by atoms with E-state index in [2.05, 4.69) is 34.4 Å². The van der Waals surface area contributed by atoms with E-state index in [1.54, 1.807) is 25.5 Å². The van der Waals surface area contributed by atoms with E-state index in [1.165, 1.54) is 0 Å². The van der Waals surface area contributed by atoms with E-state index in [4.69, 9.17) is 0 Å². The molecule has 0 saturated heterocycles. The monoisotopic (exact) mass is 264 g/mol. The first-order valence-corrected chi connectivity index (χ1v) is 6.40. The number of nitrogens with zero attached hydrogens (tertiary/aromatic N) is 2. The summed E-state index contributed by atoms with van der Waals surface area (Å²) in [5, 5.41) is 5.96. The van der Waals surface area contributed by atoms with Gasteiger partial charge < -0.3 is 15.5 Å². The lowest BCUT2D eigenvalue weighted by Crippen LogP contribution is -2.40. The summed E-state index contributed by atoms with van der Waals surface area (Å²) in [4.78, 5) is 18.3. The smallest absolute Gasteiger partial charge is 0.253 e. The average molecular weight is 264 g/mol.